The number of nitro benzene ring substituents is 1. The standard InChI is InChI=1S/C13H16N2O4/c1-9-6-7-19-12(9)13(16)14(2)10-4-3-5-11(8-10)15(17)18/h3-5,8-9,12H,6-7H2,1-2H3/t9-,12+/m0/s1. The van der Waals surface area contributed by atoms with Crippen molar-refractivity contribution in [3.05, 3.63) is 34.4 Å². The molecule has 0 bridgehead atoms. The molecule has 19 heavy (non-hydrogen) atoms. The molecule has 1 aliphatic heterocycles. The number of ether oxygens (including phenoxy) is 1. The zero-order chi connectivity index (χ0) is 14.0. The first-order valence-electron chi connectivity index (χ1n) is 6.14. The van der Waals surface area contributed by atoms with E-state index in [9.17, 15) is 14.9 Å². The van der Waals surface area contributed by atoms with Crippen LogP contribution in [0, 0.1) is 16.0 Å². The fraction of sp³-hybridized carbons (Fsp3) is 0.462. The van der Waals surface area contributed by atoms with E-state index in [1.165, 1.54) is 17.0 Å². The smallest absolute Gasteiger partial charge is 0.271 e. The number of amides is 1. The maximum absolute atomic E-state index is 12.3. The Balaban J connectivity index is 2.19. The van der Waals surface area contributed by atoms with Crippen LogP contribution >= 0.6 is 0 Å². The van der Waals surface area contributed by atoms with Crippen LogP contribution in [-0.2, 0) is 9.53 Å². The van der Waals surface area contributed by atoms with Crippen LogP contribution in [0.5, 0.6) is 0 Å². The van der Waals surface area contributed by atoms with E-state index in [1.807, 2.05) is 6.92 Å². The lowest BCUT2D eigenvalue weighted by atomic mass is 10.0. The van der Waals surface area contributed by atoms with Crippen LogP contribution in [0.4, 0.5) is 11.4 Å². The van der Waals surface area contributed by atoms with E-state index < -0.39 is 11.0 Å². The van der Waals surface area contributed by atoms with Crippen molar-refractivity contribution in [3.8, 4) is 0 Å². The number of nitro groups is 1. The minimum Gasteiger partial charge on any atom is -0.368 e. The number of anilines is 1. The predicted molar refractivity (Wildman–Crippen MR) is 70.0 cm³/mol. The molecular weight excluding hydrogens is 248 g/mol. The first-order valence-corrected chi connectivity index (χ1v) is 6.14. The molecule has 0 aliphatic carbocycles. The third kappa shape index (κ3) is 2.73. The van der Waals surface area contributed by atoms with Gasteiger partial charge in [0.1, 0.15) is 6.10 Å². The second-order valence-electron chi connectivity index (χ2n) is 4.73. The Morgan fingerprint density at radius 1 is 1.53 bits per heavy atom. The number of likely N-dealkylation sites (N-methyl/N-ethyl adjacent to an activating group) is 1. The summed E-state index contributed by atoms with van der Waals surface area (Å²) in [5.41, 5.74) is 0.472. The van der Waals surface area contributed by atoms with E-state index in [4.69, 9.17) is 4.74 Å². The number of hydrogen-bond acceptors (Lipinski definition) is 4. The molecule has 1 heterocycles. The highest BCUT2D eigenvalue weighted by Crippen LogP contribution is 2.25. The molecule has 2 rings (SSSR count). The third-order valence-corrected chi connectivity index (χ3v) is 3.39. The molecule has 0 N–H and O–H groups in total. The SMILES string of the molecule is C[C@H]1CCO[C@H]1C(=O)N(C)c1cccc([N+](=O)[O-])c1. The topological polar surface area (TPSA) is 72.7 Å². The average Bonchev–Trinajstić information content (AvgIpc) is 2.83. The fourth-order valence-electron chi connectivity index (χ4n) is 2.14. The fourth-order valence-corrected chi connectivity index (χ4v) is 2.14. The monoisotopic (exact) mass is 264 g/mol. The molecule has 0 spiro atoms. The Kier molecular flexibility index (Phi) is 3.80. The summed E-state index contributed by atoms with van der Waals surface area (Å²) in [6.45, 7) is 2.55. The second kappa shape index (κ2) is 5.36. The van der Waals surface area contributed by atoms with Gasteiger partial charge < -0.3 is 9.64 Å². The van der Waals surface area contributed by atoms with Crippen LogP contribution in [0.25, 0.3) is 0 Å². The quantitative estimate of drug-likeness (QED) is 0.618. The summed E-state index contributed by atoms with van der Waals surface area (Å²) < 4.78 is 5.42. The van der Waals surface area contributed by atoms with Crippen LogP contribution in [0.2, 0.25) is 0 Å². The first kappa shape index (κ1) is 13.5. The molecule has 0 aromatic heterocycles. The summed E-state index contributed by atoms with van der Waals surface area (Å²) in [5.74, 6) is 0.0131. The van der Waals surface area contributed by atoms with Gasteiger partial charge in [0, 0.05) is 25.8 Å². The predicted octanol–water partition coefficient (Wildman–Crippen LogP) is 1.98. The van der Waals surface area contributed by atoms with Crippen LogP contribution in [0.15, 0.2) is 24.3 Å². The Hall–Kier alpha value is -1.95. The highest BCUT2D eigenvalue weighted by molar-refractivity contribution is 5.96. The summed E-state index contributed by atoms with van der Waals surface area (Å²) in [6.07, 6.45) is 0.406. The van der Waals surface area contributed by atoms with Crippen molar-refractivity contribution in [2.45, 2.75) is 19.4 Å². The maximum Gasteiger partial charge on any atom is 0.271 e. The van der Waals surface area contributed by atoms with Crippen molar-refractivity contribution in [1.29, 1.82) is 0 Å². The number of rotatable bonds is 3. The van der Waals surface area contributed by atoms with Gasteiger partial charge in [0.05, 0.1) is 10.6 Å². The molecule has 1 amide bonds. The van der Waals surface area contributed by atoms with Gasteiger partial charge in [0.25, 0.3) is 11.6 Å². The molecule has 6 nitrogen and oxygen atoms in total. The molecule has 1 fully saturated rings. The van der Waals surface area contributed by atoms with Gasteiger partial charge >= 0.3 is 0 Å². The number of non-ortho nitro benzene ring substituents is 1. The van der Waals surface area contributed by atoms with Crippen molar-refractivity contribution >= 4 is 17.3 Å². The van der Waals surface area contributed by atoms with Gasteiger partial charge in [0.2, 0.25) is 0 Å². The number of carbonyl (C=O) groups is 1. The van der Waals surface area contributed by atoms with E-state index >= 15 is 0 Å². The molecule has 0 saturated carbocycles. The molecular formula is C13H16N2O4. The van der Waals surface area contributed by atoms with Gasteiger partial charge in [-0.25, -0.2) is 0 Å². The number of benzene rings is 1. The largest absolute Gasteiger partial charge is 0.368 e. The third-order valence-electron chi connectivity index (χ3n) is 3.39. The molecule has 1 saturated heterocycles. The summed E-state index contributed by atoms with van der Waals surface area (Å²) in [7, 11) is 1.61. The van der Waals surface area contributed by atoms with E-state index in [0.717, 1.165) is 6.42 Å². The van der Waals surface area contributed by atoms with Gasteiger partial charge in [-0.15, -0.1) is 0 Å². The van der Waals surface area contributed by atoms with Crippen molar-refractivity contribution in [1.82, 2.24) is 0 Å². The van der Waals surface area contributed by atoms with E-state index in [2.05, 4.69) is 0 Å². The zero-order valence-electron chi connectivity index (χ0n) is 10.9. The van der Waals surface area contributed by atoms with Gasteiger partial charge in [-0.05, 0) is 18.4 Å². The van der Waals surface area contributed by atoms with Crippen molar-refractivity contribution < 1.29 is 14.5 Å². The van der Waals surface area contributed by atoms with E-state index in [-0.39, 0.29) is 17.5 Å². The normalized spacial score (nSPS) is 22.2. The summed E-state index contributed by atoms with van der Waals surface area (Å²) in [5, 5.41) is 10.7. The van der Waals surface area contributed by atoms with E-state index in [1.54, 1.807) is 19.2 Å². The Labute approximate surface area is 111 Å². The number of hydrogen-bond donors (Lipinski definition) is 0. The van der Waals surface area contributed by atoms with Gasteiger partial charge in [-0.3, -0.25) is 14.9 Å². The lowest BCUT2D eigenvalue weighted by Gasteiger charge is -2.22. The minimum absolute atomic E-state index is 0.0301. The average molecular weight is 264 g/mol. The molecule has 0 unspecified atom stereocenters. The van der Waals surface area contributed by atoms with Crippen molar-refractivity contribution in [2.24, 2.45) is 5.92 Å². The number of carbonyl (C=O) groups excluding carboxylic acids is 1. The Morgan fingerprint density at radius 3 is 2.84 bits per heavy atom. The first-order chi connectivity index (χ1) is 9.00. The summed E-state index contributed by atoms with van der Waals surface area (Å²) >= 11 is 0. The van der Waals surface area contributed by atoms with Crippen LogP contribution in [0.1, 0.15) is 13.3 Å². The summed E-state index contributed by atoms with van der Waals surface area (Å²) in [6, 6.07) is 6.02. The molecule has 1 aliphatic rings. The minimum atomic E-state index is -0.476. The second-order valence-corrected chi connectivity index (χ2v) is 4.73. The van der Waals surface area contributed by atoms with Crippen LogP contribution in [-0.4, -0.2) is 30.6 Å². The lowest BCUT2D eigenvalue weighted by molar-refractivity contribution is -0.384. The van der Waals surface area contributed by atoms with E-state index in [0.29, 0.717) is 12.3 Å². The molecule has 102 valence electrons. The molecule has 6 heteroatoms. The Bertz CT molecular complexity index is 503. The van der Waals surface area contributed by atoms with Crippen molar-refractivity contribution in [2.75, 3.05) is 18.6 Å². The summed E-state index contributed by atoms with van der Waals surface area (Å²) in [4.78, 5) is 23.9. The van der Waals surface area contributed by atoms with Crippen molar-refractivity contribution in [3.63, 3.8) is 0 Å². The van der Waals surface area contributed by atoms with Gasteiger partial charge in [0.15, 0.2) is 0 Å². The van der Waals surface area contributed by atoms with Gasteiger partial charge in [-0.2, -0.15) is 0 Å². The molecule has 0 radical (unpaired) electrons. The number of nitrogens with zero attached hydrogens (tertiary/aromatic N) is 2. The molecule has 1 aromatic rings. The van der Waals surface area contributed by atoms with Crippen LogP contribution in [0.3, 0.4) is 0 Å². The highest BCUT2D eigenvalue weighted by atomic mass is 16.6. The zero-order valence-corrected chi connectivity index (χ0v) is 10.9. The van der Waals surface area contributed by atoms with Gasteiger partial charge in [-0.1, -0.05) is 13.0 Å². The molecule has 2 atom stereocenters. The molecule has 1 aromatic carbocycles. The van der Waals surface area contributed by atoms with Crippen LogP contribution < -0.4 is 4.90 Å². The highest BCUT2D eigenvalue weighted by Gasteiger charge is 2.33. The Morgan fingerprint density at radius 2 is 2.26 bits per heavy atom. The lowest BCUT2D eigenvalue weighted by Crippen LogP contribution is -2.38. The maximum atomic E-state index is 12.3.